The van der Waals surface area contributed by atoms with Gasteiger partial charge >= 0.3 is 12.2 Å². The number of nitrogens with one attached hydrogen (secondary N) is 2. The van der Waals surface area contributed by atoms with Crippen LogP contribution in [-0.2, 0) is 22.6 Å². The number of rotatable bonds is 11. The van der Waals surface area contributed by atoms with Crippen LogP contribution in [0.4, 0.5) is 21.0 Å². The lowest BCUT2D eigenvalue weighted by molar-refractivity contribution is 0.167. The van der Waals surface area contributed by atoms with E-state index in [9.17, 15) is 19.2 Å². The summed E-state index contributed by atoms with van der Waals surface area (Å²) in [4.78, 5) is 47.7. The molecule has 0 saturated carbocycles. The SMILES string of the molecule is CCOC(=O)Nc1cccc(Cn2nc(-c3ccc(/C(N)=N/O)cc3)ccc2=O)c1.CCOC(=O)Nc1cccc(Cn2nc(-c3ccc(C#N)cc3)ccc2=O)c1. The third kappa shape index (κ3) is 11.5. The lowest BCUT2D eigenvalue weighted by atomic mass is 10.1. The number of carbonyl (C=O) groups is 2. The van der Waals surface area contributed by atoms with Crippen LogP contribution in [0, 0.1) is 11.3 Å². The van der Waals surface area contributed by atoms with Crippen LogP contribution in [0.25, 0.3) is 22.5 Å². The number of carbonyl (C=O) groups excluding carboxylic acids is 2. The first-order valence-corrected chi connectivity index (χ1v) is 17.9. The van der Waals surface area contributed by atoms with E-state index in [0.717, 1.165) is 22.3 Å². The average Bonchev–Trinajstić information content (AvgIpc) is 3.23. The zero-order valence-electron chi connectivity index (χ0n) is 31.5. The van der Waals surface area contributed by atoms with Crippen molar-refractivity contribution in [3.8, 4) is 28.6 Å². The summed E-state index contributed by atoms with van der Waals surface area (Å²) < 4.78 is 12.4. The molecule has 0 aliphatic rings. The number of ether oxygens (including phenoxy) is 2. The van der Waals surface area contributed by atoms with Crippen LogP contribution >= 0.6 is 0 Å². The number of benzene rings is 4. The Morgan fingerprint density at radius 2 is 1.16 bits per heavy atom. The molecule has 0 radical (unpaired) electrons. The number of hydrogen-bond acceptors (Lipinski definition) is 11. The van der Waals surface area contributed by atoms with Gasteiger partial charge in [-0.05, 0) is 73.5 Å². The summed E-state index contributed by atoms with van der Waals surface area (Å²) in [5, 5.41) is 34.8. The summed E-state index contributed by atoms with van der Waals surface area (Å²) >= 11 is 0. The van der Waals surface area contributed by atoms with E-state index in [1.165, 1.54) is 21.5 Å². The van der Waals surface area contributed by atoms with Crippen molar-refractivity contribution >= 4 is 29.4 Å². The Hall–Kier alpha value is -8.06. The number of amides is 2. The Morgan fingerprint density at radius 1 is 0.707 bits per heavy atom. The minimum atomic E-state index is -0.540. The molecule has 6 rings (SSSR count). The van der Waals surface area contributed by atoms with Gasteiger partial charge in [-0.1, -0.05) is 65.8 Å². The maximum absolute atomic E-state index is 12.3. The lowest BCUT2D eigenvalue weighted by Gasteiger charge is -2.10. The molecule has 6 aromatic rings. The van der Waals surface area contributed by atoms with E-state index in [1.807, 2.05) is 12.1 Å². The highest BCUT2D eigenvalue weighted by Crippen LogP contribution is 2.19. The molecule has 0 aliphatic heterocycles. The molecule has 4 aromatic carbocycles. The fourth-order valence-electron chi connectivity index (χ4n) is 5.43. The molecule has 58 heavy (non-hydrogen) atoms. The second kappa shape index (κ2) is 20.0. The van der Waals surface area contributed by atoms with Gasteiger partial charge in [-0.25, -0.2) is 19.0 Å². The van der Waals surface area contributed by atoms with Crippen molar-refractivity contribution in [2.45, 2.75) is 26.9 Å². The number of nitrogens with zero attached hydrogens (tertiary/aromatic N) is 6. The molecule has 0 aliphatic carbocycles. The van der Waals surface area contributed by atoms with Gasteiger partial charge in [0.25, 0.3) is 11.1 Å². The quantitative estimate of drug-likeness (QED) is 0.0514. The molecular weight excluding hydrogens is 743 g/mol. The van der Waals surface area contributed by atoms with Crippen molar-refractivity contribution in [2.75, 3.05) is 23.8 Å². The van der Waals surface area contributed by atoms with Crippen LogP contribution in [0.1, 0.15) is 36.1 Å². The lowest BCUT2D eigenvalue weighted by Crippen LogP contribution is -2.23. The zero-order valence-corrected chi connectivity index (χ0v) is 31.5. The molecule has 0 spiro atoms. The van der Waals surface area contributed by atoms with Crippen molar-refractivity contribution in [3.63, 3.8) is 0 Å². The zero-order chi connectivity index (χ0) is 41.4. The number of oxime groups is 1. The Labute approximate surface area is 332 Å². The molecule has 5 N–H and O–H groups in total. The number of nitrogens with two attached hydrogens (primary N) is 1. The fraction of sp³-hybridized carbons (Fsp3) is 0.143. The average molecular weight is 782 g/mol. The predicted octanol–water partition coefficient (Wildman–Crippen LogP) is 6.02. The van der Waals surface area contributed by atoms with E-state index in [-0.39, 0.29) is 43.3 Å². The predicted molar refractivity (Wildman–Crippen MR) is 217 cm³/mol. The van der Waals surface area contributed by atoms with Crippen LogP contribution in [0.2, 0.25) is 0 Å². The normalized spacial score (nSPS) is 10.7. The van der Waals surface area contributed by atoms with Crippen LogP contribution in [0.5, 0.6) is 0 Å². The first-order chi connectivity index (χ1) is 28.1. The second-order valence-corrected chi connectivity index (χ2v) is 12.3. The Balaban J connectivity index is 0.000000221. The van der Waals surface area contributed by atoms with Gasteiger partial charge in [0.1, 0.15) is 0 Å². The summed E-state index contributed by atoms with van der Waals surface area (Å²) in [6.45, 7) is 4.50. The molecule has 16 heteroatoms. The first kappa shape index (κ1) is 41.1. The van der Waals surface area contributed by atoms with Gasteiger partial charge in [-0.2, -0.15) is 15.5 Å². The van der Waals surface area contributed by atoms with Gasteiger partial charge in [0.15, 0.2) is 5.84 Å². The van der Waals surface area contributed by atoms with Gasteiger partial charge in [-0.3, -0.25) is 20.2 Å². The molecule has 16 nitrogen and oxygen atoms in total. The molecule has 0 fully saturated rings. The van der Waals surface area contributed by atoms with Crippen molar-refractivity contribution in [1.82, 2.24) is 19.6 Å². The molecule has 2 amide bonds. The van der Waals surface area contributed by atoms with Crippen LogP contribution in [0.15, 0.2) is 136 Å². The third-order valence-electron chi connectivity index (χ3n) is 8.19. The highest BCUT2D eigenvalue weighted by molar-refractivity contribution is 5.97. The molecule has 0 unspecified atom stereocenters. The van der Waals surface area contributed by atoms with Crippen molar-refractivity contribution in [3.05, 3.63) is 164 Å². The standard InChI is InChI=1S/C21H21N5O4.C21H18N4O3/c1-2-30-21(28)23-17-5-3-4-14(12-17)13-26-19(27)11-10-18(24-26)15-6-8-16(9-7-15)20(22)25-29;1-2-28-21(27)23-18-5-3-4-16(12-18)14-25-20(26)11-10-19(24-25)17-8-6-15(13-22)7-9-17/h3-12,29H,2,13H2,1H3,(H2,22,25)(H,23,28);3-12H,2,14H2,1H3,(H,23,27). The van der Waals surface area contributed by atoms with Crippen LogP contribution in [0.3, 0.4) is 0 Å². The summed E-state index contributed by atoms with van der Waals surface area (Å²) in [7, 11) is 0. The minimum Gasteiger partial charge on any atom is -0.450 e. The van der Waals surface area contributed by atoms with Gasteiger partial charge in [0, 0.05) is 40.2 Å². The van der Waals surface area contributed by atoms with Crippen LogP contribution in [-0.4, -0.2) is 56.0 Å². The van der Waals surface area contributed by atoms with E-state index in [2.05, 4.69) is 32.1 Å². The smallest absolute Gasteiger partial charge is 0.411 e. The number of anilines is 2. The third-order valence-corrected chi connectivity index (χ3v) is 8.19. The number of aromatic nitrogens is 4. The van der Waals surface area contributed by atoms with E-state index >= 15 is 0 Å². The maximum Gasteiger partial charge on any atom is 0.411 e. The van der Waals surface area contributed by atoms with Gasteiger partial charge in [0.05, 0.1) is 49.3 Å². The van der Waals surface area contributed by atoms with Gasteiger partial charge < -0.3 is 20.4 Å². The van der Waals surface area contributed by atoms with Crippen molar-refractivity contribution < 1.29 is 24.3 Å². The van der Waals surface area contributed by atoms with Gasteiger partial charge in [-0.15, -0.1) is 0 Å². The van der Waals surface area contributed by atoms with E-state index < -0.39 is 12.2 Å². The molecule has 2 aromatic heterocycles. The number of amidine groups is 1. The monoisotopic (exact) mass is 781 g/mol. The molecular formula is C42H39N9O7. The van der Waals surface area contributed by atoms with E-state index in [4.69, 9.17) is 25.7 Å². The van der Waals surface area contributed by atoms with E-state index in [1.54, 1.807) is 111 Å². The topological polar surface area (TPSA) is 229 Å². The molecule has 0 saturated heterocycles. The van der Waals surface area contributed by atoms with Crippen molar-refractivity contribution in [1.29, 1.82) is 5.26 Å². The fourth-order valence-corrected chi connectivity index (χ4v) is 5.43. The highest BCUT2D eigenvalue weighted by Gasteiger charge is 2.09. The molecule has 294 valence electrons. The highest BCUT2D eigenvalue weighted by atomic mass is 16.6. The summed E-state index contributed by atoms with van der Waals surface area (Å²) in [6.07, 6.45) is -1.07. The summed E-state index contributed by atoms with van der Waals surface area (Å²) in [5.41, 5.74) is 11.8. The summed E-state index contributed by atoms with van der Waals surface area (Å²) in [6, 6.07) is 36.4. The molecule has 0 atom stereocenters. The number of hydrogen-bond donors (Lipinski definition) is 4. The molecule has 2 heterocycles. The largest absolute Gasteiger partial charge is 0.450 e. The summed E-state index contributed by atoms with van der Waals surface area (Å²) in [5.74, 6) is 0.00999. The van der Waals surface area contributed by atoms with E-state index in [0.29, 0.717) is 33.9 Å². The Morgan fingerprint density at radius 3 is 1.57 bits per heavy atom. The van der Waals surface area contributed by atoms with Crippen LogP contribution < -0.4 is 27.5 Å². The second-order valence-electron chi connectivity index (χ2n) is 12.3. The maximum atomic E-state index is 12.3. The number of nitriles is 1. The minimum absolute atomic E-state index is 0.00999. The van der Waals surface area contributed by atoms with Crippen molar-refractivity contribution in [2.24, 2.45) is 10.9 Å². The Kier molecular flexibility index (Phi) is 14.2. The van der Waals surface area contributed by atoms with Gasteiger partial charge in [0.2, 0.25) is 0 Å². The molecule has 0 bridgehead atoms. The Bertz CT molecular complexity index is 2560. The first-order valence-electron chi connectivity index (χ1n) is 17.9.